The van der Waals surface area contributed by atoms with Gasteiger partial charge < -0.3 is 20.1 Å². The maximum atomic E-state index is 12.3. The number of pyridine rings is 1. The van der Waals surface area contributed by atoms with Gasteiger partial charge in [0.2, 0.25) is 0 Å². The smallest absolute Gasteiger partial charge is 0.410 e. The van der Waals surface area contributed by atoms with Gasteiger partial charge in [-0.2, -0.15) is 0 Å². The molecular weight excluding hydrogens is 334 g/mol. The first kappa shape index (κ1) is 17.9. The molecule has 0 bridgehead atoms. The summed E-state index contributed by atoms with van der Waals surface area (Å²) in [5, 5.41) is 12.9. The molecule has 0 spiro atoms. The Morgan fingerprint density at radius 2 is 1.96 bits per heavy atom. The first-order valence-electron chi connectivity index (χ1n) is 8.49. The van der Waals surface area contributed by atoms with Crippen LogP contribution in [0.1, 0.15) is 22.5 Å². The van der Waals surface area contributed by atoms with Gasteiger partial charge in [0.05, 0.1) is 12.1 Å². The third kappa shape index (κ3) is 4.58. The van der Waals surface area contributed by atoms with Crippen LogP contribution in [0.2, 0.25) is 0 Å². The van der Waals surface area contributed by atoms with Gasteiger partial charge in [-0.05, 0) is 24.1 Å². The zero-order chi connectivity index (χ0) is 18.4. The average Bonchev–Trinajstić information content (AvgIpc) is 2.69. The molecule has 1 aromatic heterocycles. The Morgan fingerprint density at radius 1 is 1.19 bits per heavy atom. The van der Waals surface area contributed by atoms with E-state index in [0.717, 1.165) is 5.56 Å². The highest BCUT2D eigenvalue weighted by Gasteiger charge is 2.32. The normalized spacial score (nSPS) is 19.7. The van der Waals surface area contributed by atoms with E-state index in [4.69, 9.17) is 4.74 Å². The van der Waals surface area contributed by atoms with E-state index in [0.29, 0.717) is 13.0 Å². The summed E-state index contributed by atoms with van der Waals surface area (Å²) in [5.41, 5.74) is 1.17. The number of amides is 2. The van der Waals surface area contributed by atoms with Gasteiger partial charge in [-0.15, -0.1) is 0 Å². The molecule has 3 rings (SSSR count). The Balaban J connectivity index is 1.55. The number of hydrogen-bond donors (Lipinski definition) is 2. The molecule has 1 aromatic carbocycles. The van der Waals surface area contributed by atoms with Gasteiger partial charge in [0.15, 0.2) is 0 Å². The highest BCUT2D eigenvalue weighted by atomic mass is 16.6. The number of aliphatic hydroxyl groups is 1. The zero-order valence-electron chi connectivity index (χ0n) is 14.2. The number of benzene rings is 1. The Hall–Kier alpha value is -2.93. The minimum atomic E-state index is -0.721. The van der Waals surface area contributed by atoms with Crippen LogP contribution < -0.4 is 5.32 Å². The van der Waals surface area contributed by atoms with Crippen molar-refractivity contribution in [3.63, 3.8) is 0 Å². The lowest BCUT2D eigenvalue weighted by Crippen LogP contribution is -2.56. The number of likely N-dealkylation sites (tertiary alicyclic amines) is 1. The Bertz CT molecular complexity index is 739. The lowest BCUT2D eigenvalue weighted by atomic mass is 10.0. The molecule has 136 valence electrons. The molecule has 2 atom stereocenters. The number of nitrogens with zero attached hydrogens (tertiary/aromatic N) is 2. The second-order valence-corrected chi connectivity index (χ2v) is 6.14. The SMILES string of the molecule is O=C(NC1CN(C(=O)OCc2ccccc2)CCC1O)c1ccccn1. The van der Waals surface area contributed by atoms with E-state index < -0.39 is 18.2 Å². The zero-order valence-corrected chi connectivity index (χ0v) is 14.2. The molecule has 1 saturated heterocycles. The molecule has 2 aromatic rings. The Morgan fingerprint density at radius 3 is 2.69 bits per heavy atom. The second kappa shape index (κ2) is 8.44. The summed E-state index contributed by atoms with van der Waals surface area (Å²) in [6.45, 7) is 0.752. The molecule has 0 aliphatic carbocycles. The number of nitrogens with one attached hydrogen (secondary N) is 1. The Labute approximate surface area is 151 Å². The topological polar surface area (TPSA) is 91.8 Å². The van der Waals surface area contributed by atoms with Crippen molar-refractivity contribution in [2.75, 3.05) is 13.1 Å². The van der Waals surface area contributed by atoms with Crippen molar-refractivity contribution in [2.45, 2.75) is 25.2 Å². The second-order valence-electron chi connectivity index (χ2n) is 6.14. The monoisotopic (exact) mass is 355 g/mol. The third-order valence-corrected chi connectivity index (χ3v) is 4.25. The van der Waals surface area contributed by atoms with Crippen molar-refractivity contribution in [3.8, 4) is 0 Å². The summed E-state index contributed by atoms with van der Waals surface area (Å²) in [7, 11) is 0. The number of aliphatic hydroxyl groups excluding tert-OH is 1. The summed E-state index contributed by atoms with van der Waals surface area (Å²) in [6, 6.07) is 13.9. The number of hydrogen-bond acceptors (Lipinski definition) is 5. The van der Waals surface area contributed by atoms with Gasteiger partial charge in [0.1, 0.15) is 12.3 Å². The predicted octanol–water partition coefficient (Wildman–Crippen LogP) is 1.58. The number of carbonyl (C=O) groups is 2. The van der Waals surface area contributed by atoms with E-state index in [2.05, 4.69) is 10.3 Å². The number of rotatable bonds is 4. The predicted molar refractivity (Wildman–Crippen MR) is 94.3 cm³/mol. The van der Waals surface area contributed by atoms with Gasteiger partial charge in [0, 0.05) is 19.3 Å². The van der Waals surface area contributed by atoms with Crippen molar-refractivity contribution in [3.05, 3.63) is 66.0 Å². The molecule has 2 heterocycles. The van der Waals surface area contributed by atoms with E-state index in [1.165, 1.54) is 11.1 Å². The van der Waals surface area contributed by atoms with Crippen molar-refractivity contribution < 1.29 is 19.4 Å². The Kier molecular flexibility index (Phi) is 5.80. The van der Waals surface area contributed by atoms with Crippen molar-refractivity contribution in [1.29, 1.82) is 0 Å². The minimum Gasteiger partial charge on any atom is -0.445 e. The summed E-state index contributed by atoms with van der Waals surface area (Å²) < 4.78 is 5.32. The van der Waals surface area contributed by atoms with Gasteiger partial charge in [0.25, 0.3) is 5.91 Å². The quantitative estimate of drug-likeness (QED) is 0.869. The van der Waals surface area contributed by atoms with E-state index in [1.807, 2.05) is 30.3 Å². The molecule has 1 aliphatic rings. The maximum Gasteiger partial charge on any atom is 0.410 e. The summed E-state index contributed by atoms with van der Waals surface area (Å²) in [4.78, 5) is 30.0. The fourth-order valence-electron chi connectivity index (χ4n) is 2.80. The molecule has 0 radical (unpaired) electrons. The lowest BCUT2D eigenvalue weighted by molar-refractivity contribution is 0.0323. The van der Waals surface area contributed by atoms with E-state index >= 15 is 0 Å². The lowest BCUT2D eigenvalue weighted by Gasteiger charge is -2.35. The molecule has 1 aliphatic heterocycles. The molecular formula is C19H21N3O4. The fourth-order valence-corrected chi connectivity index (χ4v) is 2.80. The highest BCUT2D eigenvalue weighted by molar-refractivity contribution is 5.92. The van der Waals surface area contributed by atoms with E-state index in [1.54, 1.807) is 18.2 Å². The van der Waals surface area contributed by atoms with Crippen LogP contribution in [-0.4, -0.2) is 52.2 Å². The first-order chi connectivity index (χ1) is 12.6. The van der Waals surface area contributed by atoms with E-state index in [-0.39, 0.29) is 24.8 Å². The van der Waals surface area contributed by atoms with Crippen LogP contribution in [0.25, 0.3) is 0 Å². The molecule has 1 fully saturated rings. The summed E-state index contributed by atoms with van der Waals surface area (Å²) in [6.07, 6.45) is 0.714. The van der Waals surface area contributed by atoms with Crippen LogP contribution >= 0.6 is 0 Å². The standard InChI is InChI=1S/C19H21N3O4/c23-17-9-11-22(19(25)26-13-14-6-2-1-3-7-14)12-16(17)21-18(24)15-8-4-5-10-20-15/h1-8,10,16-17,23H,9,11-13H2,(H,21,24). The van der Waals surface area contributed by atoms with Crippen LogP contribution in [0.5, 0.6) is 0 Å². The van der Waals surface area contributed by atoms with Gasteiger partial charge in [-0.3, -0.25) is 9.78 Å². The average molecular weight is 355 g/mol. The van der Waals surface area contributed by atoms with E-state index in [9.17, 15) is 14.7 Å². The number of ether oxygens (including phenoxy) is 1. The molecule has 2 N–H and O–H groups in total. The van der Waals surface area contributed by atoms with Gasteiger partial charge in [-0.1, -0.05) is 36.4 Å². The van der Waals surface area contributed by atoms with Crippen molar-refractivity contribution in [2.24, 2.45) is 0 Å². The molecule has 2 amide bonds. The maximum absolute atomic E-state index is 12.3. The fraction of sp³-hybridized carbons (Fsp3) is 0.316. The minimum absolute atomic E-state index is 0.184. The van der Waals surface area contributed by atoms with Crippen molar-refractivity contribution in [1.82, 2.24) is 15.2 Å². The third-order valence-electron chi connectivity index (χ3n) is 4.25. The van der Waals surface area contributed by atoms with Gasteiger partial charge in [-0.25, -0.2) is 4.79 Å². The molecule has 0 saturated carbocycles. The van der Waals surface area contributed by atoms with Gasteiger partial charge >= 0.3 is 6.09 Å². The molecule has 7 nitrogen and oxygen atoms in total. The van der Waals surface area contributed by atoms with Crippen molar-refractivity contribution >= 4 is 12.0 Å². The first-order valence-corrected chi connectivity index (χ1v) is 8.49. The molecule has 2 unspecified atom stereocenters. The molecule has 26 heavy (non-hydrogen) atoms. The van der Waals surface area contributed by atoms with Crippen LogP contribution in [0, 0.1) is 0 Å². The van der Waals surface area contributed by atoms with Crippen LogP contribution in [0.15, 0.2) is 54.7 Å². The molecule has 7 heteroatoms. The van der Waals surface area contributed by atoms with Crippen LogP contribution in [0.4, 0.5) is 4.79 Å². The summed E-state index contributed by atoms with van der Waals surface area (Å²) in [5.74, 6) is -0.380. The number of aromatic nitrogens is 1. The summed E-state index contributed by atoms with van der Waals surface area (Å²) >= 11 is 0. The van der Waals surface area contributed by atoms with Crippen LogP contribution in [-0.2, 0) is 11.3 Å². The number of carbonyl (C=O) groups excluding carboxylic acids is 2. The number of piperidine rings is 1. The highest BCUT2D eigenvalue weighted by Crippen LogP contribution is 2.14. The van der Waals surface area contributed by atoms with Crippen LogP contribution in [0.3, 0.4) is 0 Å². The largest absolute Gasteiger partial charge is 0.445 e.